The van der Waals surface area contributed by atoms with Crippen molar-refractivity contribution < 1.29 is 34.6 Å². The Kier molecular flexibility index (Phi) is 12.0. The second-order valence-electron chi connectivity index (χ2n) is 16.8. The van der Waals surface area contributed by atoms with Crippen LogP contribution in [0.3, 0.4) is 0 Å². The van der Waals surface area contributed by atoms with Crippen LogP contribution in [0, 0.1) is 17.8 Å². The maximum Gasteiger partial charge on any atom is 0.188 e. The highest BCUT2D eigenvalue weighted by Gasteiger charge is 2.40. The van der Waals surface area contributed by atoms with Crippen LogP contribution in [0.25, 0.3) is 11.1 Å². The van der Waals surface area contributed by atoms with Gasteiger partial charge in [-0.15, -0.1) is 0 Å². The zero-order chi connectivity index (χ0) is 38.8. The minimum atomic E-state index is -0.845. The molecule has 7 rings (SSSR count). The standard InChI is InChI=1S/C45H61N3O7/c1-5-6-7-9-26-17-29-19-36(51)30(16-25(2)3)18-33(29)43-41(53-4)23-39-34(42(26)43)22-37(52)44(55-39)27-12-13-35(50)40(20-27)54-38-11-8-10-28(24-49)32(38)21-31-14-15-47-45(46)48-31/h12-13,18-20,23,25-26,28,31-32,37-38,44,49-52H,5-11,14-17,21-22,24H2,1-4H3,(H3,46,47,48)/t26-,28+,31+,32+,37-,38-,44+/m1/s1. The van der Waals surface area contributed by atoms with Crippen LogP contribution in [-0.4, -0.2) is 64.9 Å². The lowest BCUT2D eigenvalue weighted by atomic mass is 9.72. The zero-order valence-electron chi connectivity index (χ0n) is 33.0. The number of hydrogen-bond acceptors (Lipinski definition) is 10. The molecule has 7 atom stereocenters. The summed E-state index contributed by atoms with van der Waals surface area (Å²) in [5.74, 6) is 3.33. The molecule has 3 aromatic carbocycles. The Morgan fingerprint density at radius 1 is 1.02 bits per heavy atom. The van der Waals surface area contributed by atoms with Crippen LogP contribution in [0.15, 0.2) is 41.4 Å². The van der Waals surface area contributed by atoms with E-state index in [1.54, 1.807) is 25.3 Å². The van der Waals surface area contributed by atoms with E-state index in [2.05, 4.69) is 37.1 Å². The average molecular weight is 756 g/mol. The van der Waals surface area contributed by atoms with E-state index >= 15 is 0 Å². The van der Waals surface area contributed by atoms with Gasteiger partial charge in [-0.05, 0) is 121 Å². The van der Waals surface area contributed by atoms with Crippen molar-refractivity contribution in [2.75, 3.05) is 20.3 Å². The first kappa shape index (κ1) is 39.1. The highest BCUT2D eigenvalue weighted by atomic mass is 16.5. The lowest BCUT2D eigenvalue weighted by Gasteiger charge is -2.40. The lowest BCUT2D eigenvalue weighted by Crippen LogP contribution is -2.48. The second kappa shape index (κ2) is 16.9. The summed E-state index contributed by atoms with van der Waals surface area (Å²) in [6.45, 7) is 7.29. The number of unbranched alkanes of at least 4 members (excludes halogenated alkanes) is 2. The minimum absolute atomic E-state index is 0.0266. The van der Waals surface area contributed by atoms with Crippen molar-refractivity contribution >= 4 is 5.96 Å². The number of nitrogens with one attached hydrogen (secondary N) is 1. The van der Waals surface area contributed by atoms with E-state index in [-0.39, 0.29) is 42.3 Å². The van der Waals surface area contributed by atoms with Crippen LogP contribution in [0.4, 0.5) is 0 Å². The molecule has 4 aliphatic rings. The Hall–Kier alpha value is -4.15. The molecule has 0 unspecified atom stereocenters. The number of phenolic OH excluding ortho intramolecular Hbond substituents is 2. The predicted octanol–water partition coefficient (Wildman–Crippen LogP) is 7.45. The van der Waals surface area contributed by atoms with Gasteiger partial charge in [-0.2, -0.15) is 0 Å². The first-order valence-corrected chi connectivity index (χ1v) is 20.7. The van der Waals surface area contributed by atoms with Crippen LogP contribution in [-0.2, 0) is 19.3 Å². The van der Waals surface area contributed by atoms with Crippen LogP contribution in [0.1, 0.15) is 118 Å². The number of aliphatic imine (C=N–C) groups is 1. The summed E-state index contributed by atoms with van der Waals surface area (Å²) < 4.78 is 19.6. The molecule has 0 bridgehead atoms. The second-order valence-corrected chi connectivity index (χ2v) is 16.8. The fourth-order valence-electron chi connectivity index (χ4n) is 9.83. The topological polar surface area (TPSA) is 159 Å². The molecular formula is C45H61N3O7. The van der Waals surface area contributed by atoms with Gasteiger partial charge in [0.05, 0.1) is 13.2 Å². The molecule has 2 aliphatic carbocycles. The molecule has 7 N–H and O–H groups in total. The fourth-order valence-corrected chi connectivity index (χ4v) is 9.83. The number of nitrogens with two attached hydrogens (primary N) is 1. The van der Waals surface area contributed by atoms with E-state index in [1.165, 1.54) is 5.56 Å². The summed E-state index contributed by atoms with van der Waals surface area (Å²) in [7, 11) is 1.70. The summed E-state index contributed by atoms with van der Waals surface area (Å²) in [5.41, 5.74) is 13.1. The SMILES string of the molecule is CCCCC[C@@H]1Cc2cc(O)c(CC(C)C)cc2-c2c(OC)cc3c(c21)C[C@@H](O)[C@H](c1ccc(O)c(O[C@@H]2CCC[C@@H](CO)[C@@H]2C[C@@H]2CCN=C(N)N2)c1)O3. The smallest absolute Gasteiger partial charge is 0.188 e. The maximum absolute atomic E-state index is 11.9. The number of methoxy groups -OCH3 is 1. The molecule has 0 amide bonds. The highest BCUT2D eigenvalue weighted by Crippen LogP contribution is 2.54. The number of ether oxygens (including phenoxy) is 3. The average Bonchev–Trinajstić information content (AvgIpc) is 3.16. The summed E-state index contributed by atoms with van der Waals surface area (Å²) >= 11 is 0. The van der Waals surface area contributed by atoms with Gasteiger partial charge in [-0.25, -0.2) is 0 Å². The monoisotopic (exact) mass is 755 g/mol. The minimum Gasteiger partial charge on any atom is -0.508 e. The first-order valence-electron chi connectivity index (χ1n) is 20.7. The van der Waals surface area contributed by atoms with Crippen molar-refractivity contribution in [3.8, 4) is 39.9 Å². The molecular weight excluding hydrogens is 695 g/mol. The van der Waals surface area contributed by atoms with Crippen LogP contribution in [0.5, 0.6) is 28.7 Å². The molecule has 1 saturated carbocycles. The quantitative estimate of drug-likeness (QED) is 0.0975. The van der Waals surface area contributed by atoms with Crippen molar-refractivity contribution in [1.29, 1.82) is 0 Å². The van der Waals surface area contributed by atoms with Crippen molar-refractivity contribution in [3.63, 3.8) is 0 Å². The number of aliphatic hydroxyl groups is 2. The molecule has 298 valence electrons. The predicted molar refractivity (Wildman–Crippen MR) is 215 cm³/mol. The Bertz CT molecular complexity index is 1860. The maximum atomic E-state index is 11.9. The van der Waals surface area contributed by atoms with Gasteiger partial charge in [0.15, 0.2) is 17.5 Å². The molecule has 55 heavy (non-hydrogen) atoms. The molecule has 0 spiro atoms. The lowest BCUT2D eigenvalue weighted by molar-refractivity contribution is 0.0135. The third kappa shape index (κ3) is 8.22. The largest absolute Gasteiger partial charge is 0.508 e. The normalized spacial score (nSPS) is 25.9. The van der Waals surface area contributed by atoms with E-state index in [1.807, 2.05) is 12.1 Å². The zero-order valence-corrected chi connectivity index (χ0v) is 33.0. The number of aliphatic hydroxyl groups excluding tert-OH is 2. The van der Waals surface area contributed by atoms with Crippen molar-refractivity contribution in [1.82, 2.24) is 5.32 Å². The van der Waals surface area contributed by atoms with Crippen molar-refractivity contribution in [2.45, 2.75) is 128 Å². The summed E-state index contributed by atoms with van der Waals surface area (Å²) in [5, 5.41) is 47.7. The van der Waals surface area contributed by atoms with Gasteiger partial charge >= 0.3 is 0 Å². The van der Waals surface area contributed by atoms with Gasteiger partial charge < -0.3 is 45.7 Å². The molecule has 1 fully saturated rings. The van der Waals surface area contributed by atoms with Gasteiger partial charge in [-0.1, -0.05) is 46.1 Å². The Morgan fingerprint density at radius 3 is 2.60 bits per heavy atom. The Balaban J connectivity index is 1.21. The first-order chi connectivity index (χ1) is 26.6. The van der Waals surface area contributed by atoms with Crippen LogP contribution < -0.4 is 25.3 Å². The van der Waals surface area contributed by atoms with E-state index in [9.17, 15) is 20.4 Å². The summed E-state index contributed by atoms with van der Waals surface area (Å²) in [4.78, 5) is 4.28. The van der Waals surface area contributed by atoms with E-state index in [4.69, 9.17) is 19.9 Å². The molecule has 0 radical (unpaired) electrons. The number of rotatable bonds is 13. The number of hydrogen-bond donors (Lipinski definition) is 6. The molecule has 10 nitrogen and oxygen atoms in total. The van der Waals surface area contributed by atoms with E-state index in [0.29, 0.717) is 47.7 Å². The molecule has 3 aromatic rings. The molecule has 2 heterocycles. The van der Waals surface area contributed by atoms with Crippen molar-refractivity contribution in [3.05, 3.63) is 64.2 Å². The molecule has 2 aliphatic heterocycles. The third-order valence-electron chi connectivity index (χ3n) is 12.5. The number of phenols is 2. The number of benzene rings is 3. The number of aromatic hydroxyl groups is 2. The van der Waals surface area contributed by atoms with Crippen molar-refractivity contribution in [2.24, 2.45) is 28.5 Å². The van der Waals surface area contributed by atoms with Crippen LogP contribution >= 0.6 is 0 Å². The van der Waals surface area contributed by atoms with Gasteiger partial charge in [0.25, 0.3) is 0 Å². The fraction of sp³-hybridized carbons (Fsp3) is 0.578. The molecule has 0 aromatic heterocycles. The van der Waals surface area contributed by atoms with Gasteiger partial charge in [0.2, 0.25) is 0 Å². The summed E-state index contributed by atoms with van der Waals surface area (Å²) in [6.07, 6.45) is 8.87. The highest BCUT2D eigenvalue weighted by molar-refractivity contribution is 5.83. The van der Waals surface area contributed by atoms with Gasteiger partial charge in [0, 0.05) is 48.7 Å². The Labute approximate surface area is 326 Å². The summed E-state index contributed by atoms with van der Waals surface area (Å²) in [6, 6.07) is 11.4. The molecule has 10 heteroatoms. The van der Waals surface area contributed by atoms with E-state index in [0.717, 1.165) is 104 Å². The number of guanidine groups is 1. The van der Waals surface area contributed by atoms with Gasteiger partial charge in [-0.3, -0.25) is 4.99 Å². The number of fused-ring (bicyclic) bond motifs is 5. The number of nitrogens with zero attached hydrogens (tertiary/aromatic N) is 1. The van der Waals surface area contributed by atoms with Gasteiger partial charge in [0.1, 0.15) is 29.5 Å². The Morgan fingerprint density at radius 2 is 1.85 bits per heavy atom. The van der Waals surface area contributed by atoms with E-state index < -0.39 is 12.2 Å². The van der Waals surface area contributed by atoms with Crippen LogP contribution in [0.2, 0.25) is 0 Å². The molecule has 0 saturated heterocycles. The third-order valence-corrected chi connectivity index (χ3v) is 12.5.